The van der Waals surface area contributed by atoms with Crippen molar-refractivity contribution in [3.63, 3.8) is 0 Å². The summed E-state index contributed by atoms with van der Waals surface area (Å²) in [6.45, 7) is 2.04. The molecule has 1 amide bonds. The van der Waals surface area contributed by atoms with E-state index in [9.17, 15) is 22.7 Å². The van der Waals surface area contributed by atoms with Gasteiger partial charge < -0.3 is 19.5 Å². The molecule has 0 unspecified atom stereocenters. The van der Waals surface area contributed by atoms with Gasteiger partial charge in [0.2, 0.25) is 10.0 Å². The minimum Gasteiger partial charge on any atom is -0.485 e. The van der Waals surface area contributed by atoms with Crippen molar-refractivity contribution in [2.45, 2.75) is 36.9 Å². The molecule has 0 radical (unpaired) electrons. The molecule has 0 saturated carbocycles. The molecule has 2 atom stereocenters. The summed E-state index contributed by atoms with van der Waals surface area (Å²) in [5.74, 6) is -0.359. The van der Waals surface area contributed by atoms with Gasteiger partial charge in [-0.05, 0) is 49.2 Å². The highest BCUT2D eigenvalue weighted by molar-refractivity contribution is 7.89. The molecule has 8 nitrogen and oxygen atoms in total. The Bertz CT molecular complexity index is 1050. The highest BCUT2D eigenvalue weighted by atomic mass is 32.2. The van der Waals surface area contributed by atoms with Crippen molar-refractivity contribution in [2.24, 2.45) is 5.14 Å². The lowest BCUT2D eigenvalue weighted by Crippen LogP contribution is -2.36. The fraction of sp³-hybridized carbons (Fsp3) is 0.381. The smallest absolute Gasteiger partial charge is 0.260 e. The molecular formula is C21H25FN2O6S. The summed E-state index contributed by atoms with van der Waals surface area (Å²) in [7, 11) is -3.82. The van der Waals surface area contributed by atoms with Crippen LogP contribution >= 0.6 is 0 Å². The topological polar surface area (TPSA) is 119 Å². The second kappa shape index (κ2) is 9.63. The molecule has 168 valence electrons. The maximum Gasteiger partial charge on any atom is 0.260 e. The lowest BCUT2D eigenvalue weighted by molar-refractivity contribution is -0.133. The van der Waals surface area contributed by atoms with Crippen LogP contribution in [0.15, 0.2) is 47.4 Å². The first-order valence-corrected chi connectivity index (χ1v) is 11.3. The predicted octanol–water partition coefficient (Wildman–Crippen LogP) is 1.59. The van der Waals surface area contributed by atoms with Crippen LogP contribution < -0.4 is 14.6 Å². The van der Waals surface area contributed by atoms with Crippen molar-refractivity contribution < 1.29 is 32.2 Å². The molecular weight excluding hydrogens is 427 g/mol. The molecule has 0 spiro atoms. The van der Waals surface area contributed by atoms with Crippen molar-refractivity contribution in [3.8, 4) is 11.5 Å². The number of carbonyl (C=O) groups excluding carboxylic acids is 1. The van der Waals surface area contributed by atoms with Crippen LogP contribution in [-0.4, -0.2) is 56.2 Å². The fourth-order valence-corrected chi connectivity index (χ4v) is 3.94. The number of aryl methyl sites for hydroxylation is 1. The number of aliphatic hydroxyl groups excluding tert-OH is 1. The Hall–Kier alpha value is -2.69. The third-order valence-corrected chi connectivity index (χ3v) is 6.01. The van der Waals surface area contributed by atoms with E-state index < -0.39 is 28.0 Å². The number of likely N-dealkylation sites (tertiary alicyclic amines) is 1. The summed E-state index contributed by atoms with van der Waals surface area (Å²) >= 11 is 0. The van der Waals surface area contributed by atoms with Crippen LogP contribution in [0.4, 0.5) is 4.39 Å². The number of hydrogen-bond donors (Lipinski definition) is 2. The average Bonchev–Trinajstić information content (AvgIpc) is 2.89. The van der Waals surface area contributed by atoms with E-state index in [0.717, 1.165) is 0 Å². The Morgan fingerprint density at radius 3 is 2.58 bits per heavy atom. The average molecular weight is 453 g/mol. The Balaban J connectivity index is 1.57. The summed E-state index contributed by atoms with van der Waals surface area (Å²) in [4.78, 5) is 14.1. The van der Waals surface area contributed by atoms with Gasteiger partial charge in [-0.15, -0.1) is 0 Å². The standard InChI is InChI=1S/C21H25FN2O6S/c1-14-12-15(31(23,27)28)6-7-18(14)29-13-21(26)24-10-8-17(25)20(9-11-24)30-19-5-3-2-4-16(19)22/h2-7,12,17,20,25H,8-11,13H2,1H3,(H2,23,27,28)/t17-,20-/m0/s1. The van der Waals surface area contributed by atoms with Crippen molar-refractivity contribution in [3.05, 3.63) is 53.8 Å². The number of hydrogen-bond acceptors (Lipinski definition) is 6. The highest BCUT2D eigenvalue weighted by Crippen LogP contribution is 2.23. The van der Waals surface area contributed by atoms with Gasteiger partial charge in [0.15, 0.2) is 18.2 Å². The number of rotatable bonds is 6. The first-order chi connectivity index (χ1) is 14.6. The first-order valence-electron chi connectivity index (χ1n) is 9.78. The quantitative estimate of drug-likeness (QED) is 0.687. The Morgan fingerprint density at radius 2 is 1.90 bits per heavy atom. The molecule has 2 aromatic rings. The third kappa shape index (κ3) is 5.93. The van der Waals surface area contributed by atoms with Gasteiger partial charge in [-0.1, -0.05) is 12.1 Å². The number of carbonyl (C=O) groups is 1. The summed E-state index contributed by atoms with van der Waals surface area (Å²) in [6.07, 6.45) is -0.856. The number of amides is 1. The Labute approximate surface area is 180 Å². The number of halogens is 1. The number of primary sulfonamides is 1. The third-order valence-electron chi connectivity index (χ3n) is 5.10. The molecule has 10 heteroatoms. The minimum atomic E-state index is -3.82. The van der Waals surface area contributed by atoms with E-state index in [0.29, 0.717) is 30.8 Å². The molecule has 2 aromatic carbocycles. The van der Waals surface area contributed by atoms with Gasteiger partial charge in [-0.3, -0.25) is 4.79 Å². The van der Waals surface area contributed by atoms with Crippen LogP contribution in [0, 0.1) is 12.7 Å². The van der Waals surface area contributed by atoms with Crippen molar-refractivity contribution in [1.29, 1.82) is 0 Å². The molecule has 1 aliphatic rings. The SMILES string of the molecule is Cc1cc(S(N)(=O)=O)ccc1OCC(=O)N1CC[C@H](Oc2ccccc2F)[C@@H](O)CC1. The summed E-state index contributed by atoms with van der Waals surface area (Å²) in [6, 6.07) is 10.1. The van der Waals surface area contributed by atoms with Crippen LogP contribution in [0.2, 0.25) is 0 Å². The zero-order chi connectivity index (χ0) is 22.6. The van der Waals surface area contributed by atoms with Crippen LogP contribution in [-0.2, 0) is 14.8 Å². The fourth-order valence-electron chi connectivity index (χ4n) is 3.34. The number of para-hydroxylation sites is 1. The second-order valence-corrected chi connectivity index (χ2v) is 8.93. The lowest BCUT2D eigenvalue weighted by Gasteiger charge is -2.22. The van der Waals surface area contributed by atoms with Gasteiger partial charge >= 0.3 is 0 Å². The van der Waals surface area contributed by atoms with Gasteiger partial charge in [0.1, 0.15) is 11.9 Å². The molecule has 1 fully saturated rings. The normalized spacial score (nSPS) is 19.5. The van der Waals surface area contributed by atoms with Crippen LogP contribution in [0.3, 0.4) is 0 Å². The van der Waals surface area contributed by atoms with Gasteiger partial charge in [-0.2, -0.15) is 0 Å². The number of benzene rings is 2. The zero-order valence-corrected chi connectivity index (χ0v) is 17.8. The molecule has 1 saturated heterocycles. The van der Waals surface area contributed by atoms with Crippen LogP contribution in [0.5, 0.6) is 11.5 Å². The molecule has 1 aliphatic heterocycles. The van der Waals surface area contributed by atoms with E-state index in [4.69, 9.17) is 14.6 Å². The molecule has 0 aliphatic carbocycles. The van der Waals surface area contributed by atoms with E-state index >= 15 is 0 Å². The molecule has 0 aromatic heterocycles. The van der Waals surface area contributed by atoms with Gasteiger partial charge in [0.25, 0.3) is 5.91 Å². The number of sulfonamides is 1. The number of nitrogens with two attached hydrogens (primary N) is 1. The Morgan fingerprint density at radius 1 is 1.19 bits per heavy atom. The van der Waals surface area contributed by atoms with Crippen molar-refractivity contribution in [1.82, 2.24) is 4.90 Å². The molecule has 31 heavy (non-hydrogen) atoms. The maximum atomic E-state index is 13.8. The van der Waals surface area contributed by atoms with Crippen molar-refractivity contribution >= 4 is 15.9 Å². The summed E-state index contributed by atoms with van der Waals surface area (Å²) < 4.78 is 47.9. The highest BCUT2D eigenvalue weighted by Gasteiger charge is 2.29. The van der Waals surface area contributed by atoms with E-state index in [1.54, 1.807) is 24.0 Å². The molecule has 0 bridgehead atoms. The predicted molar refractivity (Wildman–Crippen MR) is 111 cm³/mol. The zero-order valence-electron chi connectivity index (χ0n) is 17.0. The van der Waals surface area contributed by atoms with E-state index in [1.807, 2.05) is 0 Å². The van der Waals surface area contributed by atoms with E-state index in [-0.39, 0.29) is 29.6 Å². The molecule has 3 rings (SSSR count). The van der Waals surface area contributed by atoms with E-state index in [1.165, 1.54) is 30.3 Å². The Kier molecular flexibility index (Phi) is 7.14. The molecule has 1 heterocycles. The van der Waals surface area contributed by atoms with Crippen molar-refractivity contribution in [2.75, 3.05) is 19.7 Å². The lowest BCUT2D eigenvalue weighted by atomic mass is 10.1. The minimum absolute atomic E-state index is 0.0360. The second-order valence-electron chi connectivity index (χ2n) is 7.37. The van der Waals surface area contributed by atoms with Gasteiger partial charge in [0, 0.05) is 19.5 Å². The van der Waals surface area contributed by atoms with E-state index in [2.05, 4.69) is 0 Å². The number of aliphatic hydroxyl groups is 1. The largest absolute Gasteiger partial charge is 0.485 e. The maximum absolute atomic E-state index is 13.8. The summed E-state index contributed by atoms with van der Waals surface area (Å²) in [5, 5.41) is 15.5. The number of ether oxygens (including phenoxy) is 2. The van der Waals surface area contributed by atoms with Gasteiger partial charge in [0.05, 0.1) is 11.0 Å². The number of nitrogens with zero attached hydrogens (tertiary/aromatic N) is 1. The first kappa shape index (κ1) is 23.0. The monoisotopic (exact) mass is 452 g/mol. The van der Waals surface area contributed by atoms with Crippen LogP contribution in [0.1, 0.15) is 18.4 Å². The molecule has 3 N–H and O–H groups in total. The van der Waals surface area contributed by atoms with Crippen LogP contribution in [0.25, 0.3) is 0 Å². The summed E-state index contributed by atoms with van der Waals surface area (Å²) in [5.41, 5.74) is 0.531. The van der Waals surface area contributed by atoms with Gasteiger partial charge in [-0.25, -0.2) is 17.9 Å².